The molecule has 152 valence electrons. The summed E-state index contributed by atoms with van der Waals surface area (Å²) in [6.45, 7) is 1.35. The largest absolute Gasteiger partial charge is 0.573 e. The van der Waals surface area contributed by atoms with Crippen LogP contribution in [0.25, 0.3) is 0 Å². The number of hydrogen-bond donors (Lipinski definition) is 0. The second-order valence-electron chi connectivity index (χ2n) is 6.20. The van der Waals surface area contributed by atoms with Gasteiger partial charge >= 0.3 is 6.36 Å². The van der Waals surface area contributed by atoms with Crippen LogP contribution in [0.15, 0.2) is 41.3 Å². The monoisotopic (exact) mass is 422 g/mol. The summed E-state index contributed by atoms with van der Waals surface area (Å²) in [5.41, 5.74) is -0.406. The molecule has 0 radical (unpaired) electrons. The molecule has 4 nitrogen and oxygen atoms in total. The predicted molar refractivity (Wildman–Crippen MR) is 88.7 cm³/mol. The van der Waals surface area contributed by atoms with Crippen LogP contribution in [0.3, 0.4) is 0 Å². The Morgan fingerprint density at radius 3 is 2.25 bits per heavy atom. The topological polar surface area (TPSA) is 52.6 Å². The minimum Gasteiger partial charge on any atom is -0.490 e. The maximum atomic E-state index is 14.6. The summed E-state index contributed by atoms with van der Waals surface area (Å²) in [5, 5.41) is 0. The fourth-order valence-electron chi connectivity index (χ4n) is 3.40. The van der Waals surface area contributed by atoms with Crippen molar-refractivity contribution in [1.29, 1.82) is 0 Å². The number of benzene rings is 2. The van der Waals surface area contributed by atoms with Crippen molar-refractivity contribution in [3.8, 4) is 11.5 Å². The molecule has 0 saturated carbocycles. The van der Waals surface area contributed by atoms with Crippen LogP contribution in [-0.4, -0.2) is 21.4 Å². The number of sulfone groups is 1. The zero-order valence-corrected chi connectivity index (χ0v) is 15.3. The van der Waals surface area contributed by atoms with Crippen LogP contribution in [0.1, 0.15) is 25.3 Å². The molecule has 1 unspecified atom stereocenters. The third-order valence-electron chi connectivity index (χ3n) is 4.72. The highest BCUT2D eigenvalue weighted by Gasteiger charge is 2.51. The lowest BCUT2D eigenvalue weighted by Gasteiger charge is -2.37. The number of fused-ring (bicyclic) bond motifs is 1. The summed E-state index contributed by atoms with van der Waals surface area (Å²) in [4.78, 5) is -0.333. The minimum atomic E-state index is -4.93. The van der Waals surface area contributed by atoms with Crippen LogP contribution in [0.4, 0.5) is 22.0 Å². The van der Waals surface area contributed by atoms with Crippen LogP contribution >= 0.6 is 0 Å². The van der Waals surface area contributed by atoms with Crippen molar-refractivity contribution in [2.75, 3.05) is 6.61 Å². The van der Waals surface area contributed by atoms with E-state index in [9.17, 15) is 30.4 Å². The summed E-state index contributed by atoms with van der Waals surface area (Å²) in [7, 11) is -4.31. The molecule has 1 aliphatic heterocycles. The smallest absolute Gasteiger partial charge is 0.490 e. The Balaban J connectivity index is 2.12. The van der Waals surface area contributed by atoms with Gasteiger partial charge in [-0.3, -0.25) is 0 Å². The van der Waals surface area contributed by atoms with E-state index in [1.165, 1.54) is 6.92 Å². The van der Waals surface area contributed by atoms with Crippen molar-refractivity contribution in [2.45, 2.75) is 35.8 Å². The van der Waals surface area contributed by atoms with E-state index in [2.05, 4.69) is 4.74 Å². The van der Waals surface area contributed by atoms with Crippen LogP contribution in [0.2, 0.25) is 0 Å². The van der Waals surface area contributed by atoms with Gasteiger partial charge in [-0.2, -0.15) is 0 Å². The summed E-state index contributed by atoms with van der Waals surface area (Å²) >= 11 is 0. The first-order valence-corrected chi connectivity index (χ1v) is 9.72. The van der Waals surface area contributed by atoms with Gasteiger partial charge in [0.25, 0.3) is 0 Å². The zero-order valence-electron chi connectivity index (χ0n) is 14.5. The van der Waals surface area contributed by atoms with E-state index in [0.29, 0.717) is 0 Å². The van der Waals surface area contributed by atoms with Crippen LogP contribution in [0, 0.1) is 11.6 Å². The SMILES string of the molecule is CCC1(S(=O)(=O)c2ccc(OC(F)(F)F)cc2)CCOc2c(F)ccc(F)c21. The average molecular weight is 422 g/mol. The van der Waals surface area contributed by atoms with Gasteiger partial charge in [-0.05, 0) is 42.8 Å². The van der Waals surface area contributed by atoms with E-state index in [4.69, 9.17) is 4.74 Å². The third-order valence-corrected chi connectivity index (χ3v) is 7.34. The van der Waals surface area contributed by atoms with Gasteiger partial charge in [-0.15, -0.1) is 13.2 Å². The quantitative estimate of drug-likeness (QED) is 0.669. The van der Waals surface area contributed by atoms with Crippen molar-refractivity contribution < 1.29 is 39.8 Å². The molecule has 1 atom stereocenters. The van der Waals surface area contributed by atoms with Gasteiger partial charge in [0.1, 0.15) is 16.3 Å². The summed E-state index contributed by atoms with van der Waals surface area (Å²) in [5.74, 6) is -2.88. The molecule has 0 N–H and O–H groups in total. The van der Waals surface area contributed by atoms with Gasteiger partial charge in [0.05, 0.1) is 17.1 Å². The predicted octanol–water partition coefficient (Wildman–Crippen LogP) is 4.73. The molecule has 2 aromatic rings. The summed E-state index contributed by atoms with van der Waals surface area (Å²) in [6.07, 6.45) is -5.15. The average Bonchev–Trinajstić information content (AvgIpc) is 2.63. The molecule has 0 spiro atoms. The molecule has 0 fully saturated rings. The minimum absolute atomic E-state index is 0.0904. The Morgan fingerprint density at radius 2 is 1.68 bits per heavy atom. The van der Waals surface area contributed by atoms with E-state index in [-0.39, 0.29) is 24.3 Å². The fraction of sp³-hybridized carbons (Fsp3) is 0.333. The first kappa shape index (κ1) is 20.4. The molecular weight excluding hydrogens is 407 g/mol. The molecule has 0 aliphatic carbocycles. The Labute approximate surface area is 157 Å². The molecule has 0 aromatic heterocycles. The van der Waals surface area contributed by atoms with Gasteiger partial charge in [-0.25, -0.2) is 17.2 Å². The normalized spacial score (nSPS) is 19.6. The lowest BCUT2D eigenvalue weighted by molar-refractivity contribution is -0.274. The van der Waals surface area contributed by atoms with Gasteiger partial charge in [0.15, 0.2) is 21.4 Å². The Kier molecular flexibility index (Phi) is 5.03. The van der Waals surface area contributed by atoms with Crippen molar-refractivity contribution in [1.82, 2.24) is 0 Å². The van der Waals surface area contributed by atoms with Gasteiger partial charge in [0, 0.05) is 6.42 Å². The summed E-state index contributed by atoms with van der Waals surface area (Å²) < 4.78 is 99.4. The number of ether oxygens (including phenoxy) is 2. The number of halogens is 5. The highest BCUT2D eigenvalue weighted by Crippen LogP contribution is 2.49. The Morgan fingerprint density at radius 1 is 1.07 bits per heavy atom. The van der Waals surface area contributed by atoms with E-state index in [0.717, 1.165) is 36.4 Å². The maximum Gasteiger partial charge on any atom is 0.573 e. The zero-order chi connectivity index (χ0) is 20.7. The molecule has 0 saturated heterocycles. The Bertz CT molecular complexity index is 986. The third kappa shape index (κ3) is 3.30. The second-order valence-corrected chi connectivity index (χ2v) is 8.46. The molecule has 3 rings (SSSR count). The highest BCUT2D eigenvalue weighted by atomic mass is 32.2. The summed E-state index contributed by atoms with van der Waals surface area (Å²) in [6, 6.07) is 5.26. The van der Waals surface area contributed by atoms with E-state index in [1.54, 1.807) is 0 Å². The number of alkyl halides is 3. The number of hydrogen-bond acceptors (Lipinski definition) is 4. The van der Waals surface area contributed by atoms with E-state index >= 15 is 0 Å². The van der Waals surface area contributed by atoms with Gasteiger partial charge in [0.2, 0.25) is 0 Å². The van der Waals surface area contributed by atoms with Crippen LogP contribution in [-0.2, 0) is 14.6 Å². The standard InChI is InChI=1S/C18H15F5O4S/c1-2-17(9-10-26-16-14(20)8-7-13(19)15(16)17)28(24,25)12-5-3-11(4-6-12)27-18(21,22)23/h3-8H,2,9-10H2,1H3. The van der Waals surface area contributed by atoms with E-state index in [1.807, 2.05) is 0 Å². The first-order valence-electron chi connectivity index (χ1n) is 8.23. The molecule has 28 heavy (non-hydrogen) atoms. The Hall–Kier alpha value is -2.36. The molecule has 0 amide bonds. The van der Waals surface area contributed by atoms with Crippen molar-refractivity contribution >= 4 is 9.84 Å². The van der Waals surface area contributed by atoms with E-state index < -0.39 is 49.6 Å². The molecule has 0 bridgehead atoms. The molecule has 1 aliphatic rings. The molecule has 2 aromatic carbocycles. The van der Waals surface area contributed by atoms with Crippen LogP contribution in [0.5, 0.6) is 11.5 Å². The van der Waals surface area contributed by atoms with Gasteiger partial charge in [-0.1, -0.05) is 6.92 Å². The molecule has 1 heterocycles. The fourth-order valence-corrected chi connectivity index (χ4v) is 5.54. The van der Waals surface area contributed by atoms with Crippen LogP contribution < -0.4 is 9.47 Å². The molecular formula is C18H15F5O4S. The second kappa shape index (κ2) is 6.91. The van der Waals surface area contributed by atoms with Crippen molar-refractivity contribution in [2.24, 2.45) is 0 Å². The maximum absolute atomic E-state index is 14.6. The van der Waals surface area contributed by atoms with Gasteiger partial charge < -0.3 is 9.47 Å². The molecule has 10 heteroatoms. The van der Waals surface area contributed by atoms with Crippen molar-refractivity contribution in [3.63, 3.8) is 0 Å². The lowest BCUT2D eigenvalue weighted by Crippen LogP contribution is -2.41. The number of rotatable bonds is 4. The first-order chi connectivity index (χ1) is 13.0. The highest BCUT2D eigenvalue weighted by molar-refractivity contribution is 7.92. The lowest BCUT2D eigenvalue weighted by atomic mass is 9.89. The van der Waals surface area contributed by atoms with Crippen molar-refractivity contribution in [3.05, 3.63) is 53.6 Å².